The summed E-state index contributed by atoms with van der Waals surface area (Å²) in [5, 5.41) is 12.0. The first kappa shape index (κ1) is 16.6. The smallest absolute Gasteiger partial charge is 0.148 e. The van der Waals surface area contributed by atoms with Gasteiger partial charge in [-0.25, -0.2) is 4.39 Å². The van der Waals surface area contributed by atoms with Crippen LogP contribution in [0.5, 0.6) is 0 Å². The Kier molecular flexibility index (Phi) is 4.37. The largest absolute Gasteiger partial charge is 0.368 e. The van der Waals surface area contributed by atoms with Crippen LogP contribution in [-0.4, -0.2) is 21.7 Å². The van der Waals surface area contributed by atoms with Crippen LogP contribution >= 0.6 is 0 Å². The molecule has 1 N–H and O–H groups in total. The van der Waals surface area contributed by atoms with Crippen LogP contribution < -0.4 is 5.32 Å². The maximum atomic E-state index is 14.2. The van der Waals surface area contributed by atoms with E-state index in [1.54, 1.807) is 12.3 Å². The molecule has 0 atom stereocenters. The van der Waals surface area contributed by atoms with Crippen molar-refractivity contribution in [1.82, 2.24) is 15.2 Å². The highest BCUT2D eigenvalue weighted by atomic mass is 19.1. The van der Waals surface area contributed by atoms with Gasteiger partial charge in [0, 0.05) is 23.7 Å². The number of benzene rings is 1. The van der Waals surface area contributed by atoms with Crippen LogP contribution in [0.4, 0.5) is 10.2 Å². The van der Waals surface area contributed by atoms with E-state index in [0.717, 1.165) is 30.5 Å². The van der Waals surface area contributed by atoms with Gasteiger partial charge in [0.2, 0.25) is 0 Å². The van der Waals surface area contributed by atoms with Gasteiger partial charge in [0.05, 0.1) is 11.4 Å². The topological polar surface area (TPSA) is 50.7 Å². The Balaban J connectivity index is 1.50. The van der Waals surface area contributed by atoms with E-state index < -0.39 is 0 Å². The lowest BCUT2D eigenvalue weighted by Gasteiger charge is -2.41. The van der Waals surface area contributed by atoms with E-state index >= 15 is 0 Å². The monoisotopic (exact) mass is 348 g/mol. The molecule has 0 saturated heterocycles. The summed E-state index contributed by atoms with van der Waals surface area (Å²) < 4.78 is 14.2. The van der Waals surface area contributed by atoms with Gasteiger partial charge in [-0.1, -0.05) is 30.7 Å². The number of rotatable bonds is 5. The van der Waals surface area contributed by atoms with Gasteiger partial charge in [0.1, 0.15) is 11.6 Å². The van der Waals surface area contributed by atoms with Gasteiger partial charge in [-0.2, -0.15) is 0 Å². The number of aryl methyl sites for hydroxylation is 1. The molecule has 0 aliphatic heterocycles. The van der Waals surface area contributed by atoms with Gasteiger partial charge in [-0.05, 0) is 49.6 Å². The third kappa shape index (κ3) is 3.05. The number of aromatic nitrogens is 3. The number of hydrogen-bond acceptors (Lipinski definition) is 4. The lowest BCUT2D eigenvalue weighted by atomic mass is 9.66. The number of halogens is 1. The summed E-state index contributed by atoms with van der Waals surface area (Å²) >= 11 is 0. The fourth-order valence-electron chi connectivity index (χ4n) is 3.57. The quantitative estimate of drug-likeness (QED) is 0.736. The van der Waals surface area contributed by atoms with Crippen LogP contribution in [0.25, 0.3) is 11.3 Å². The first-order chi connectivity index (χ1) is 12.7. The third-order valence-corrected chi connectivity index (χ3v) is 5.26. The predicted molar refractivity (Wildman–Crippen MR) is 100 cm³/mol. The molecule has 1 aromatic carbocycles. The van der Waals surface area contributed by atoms with E-state index in [1.165, 1.54) is 11.6 Å². The van der Waals surface area contributed by atoms with Gasteiger partial charge >= 0.3 is 0 Å². The molecule has 4 rings (SSSR count). The molecule has 4 nitrogen and oxygen atoms in total. The number of nitrogens with one attached hydrogen (secondary N) is 1. The third-order valence-electron chi connectivity index (χ3n) is 5.26. The number of pyridine rings is 1. The summed E-state index contributed by atoms with van der Waals surface area (Å²) in [7, 11) is 0. The highest BCUT2D eigenvalue weighted by molar-refractivity contribution is 5.63. The van der Waals surface area contributed by atoms with E-state index in [0.29, 0.717) is 18.1 Å². The van der Waals surface area contributed by atoms with E-state index in [9.17, 15) is 4.39 Å². The van der Waals surface area contributed by atoms with E-state index in [1.807, 2.05) is 30.3 Å². The molecule has 0 amide bonds. The Morgan fingerprint density at radius 3 is 2.54 bits per heavy atom. The molecule has 1 fully saturated rings. The Morgan fingerprint density at radius 1 is 1.04 bits per heavy atom. The maximum Gasteiger partial charge on any atom is 0.148 e. The first-order valence-electron chi connectivity index (χ1n) is 8.93. The van der Waals surface area contributed by atoms with Crippen molar-refractivity contribution in [2.45, 2.75) is 31.6 Å². The zero-order valence-electron chi connectivity index (χ0n) is 14.7. The summed E-state index contributed by atoms with van der Waals surface area (Å²) in [6.45, 7) is 2.67. The van der Waals surface area contributed by atoms with Crippen LogP contribution in [-0.2, 0) is 5.41 Å². The molecule has 1 aliphatic rings. The van der Waals surface area contributed by atoms with Crippen LogP contribution in [0.3, 0.4) is 0 Å². The zero-order valence-corrected chi connectivity index (χ0v) is 14.7. The Morgan fingerprint density at radius 2 is 1.88 bits per heavy atom. The summed E-state index contributed by atoms with van der Waals surface area (Å²) in [6, 6.07) is 15.1. The first-order valence-corrected chi connectivity index (χ1v) is 8.93. The van der Waals surface area contributed by atoms with Crippen molar-refractivity contribution in [2.24, 2.45) is 0 Å². The minimum absolute atomic E-state index is 0.227. The second-order valence-corrected chi connectivity index (χ2v) is 6.94. The lowest BCUT2D eigenvalue weighted by molar-refractivity contribution is 0.243. The minimum Gasteiger partial charge on any atom is -0.368 e. The van der Waals surface area contributed by atoms with Gasteiger partial charge < -0.3 is 5.32 Å². The molecule has 0 unspecified atom stereocenters. The molecule has 26 heavy (non-hydrogen) atoms. The lowest BCUT2D eigenvalue weighted by Crippen LogP contribution is -2.42. The summed E-state index contributed by atoms with van der Waals surface area (Å²) in [5.74, 6) is 0.472. The molecule has 0 radical (unpaired) electrons. The van der Waals surface area contributed by atoms with Crippen molar-refractivity contribution in [3.63, 3.8) is 0 Å². The summed E-state index contributed by atoms with van der Waals surface area (Å²) in [6.07, 6.45) is 4.62. The van der Waals surface area contributed by atoms with Crippen molar-refractivity contribution in [3.8, 4) is 11.3 Å². The SMILES string of the molecule is Cc1ccccc1-c1ccc(NCC2(c3ncccc3F)CCC2)nn1. The van der Waals surface area contributed by atoms with Crippen molar-refractivity contribution >= 4 is 5.82 Å². The van der Waals surface area contributed by atoms with Crippen LogP contribution in [0.2, 0.25) is 0 Å². The average molecular weight is 348 g/mol. The van der Waals surface area contributed by atoms with Crippen molar-refractivity contribution in [1.29, 1.82) is 0 Å². The van der Waals surface area contributed by atoms with Crippen LogP contribution in [0.1, 0.15) is 30.5 Å². The van der Waals surface area contributed by atoms with E-state index in [4.69, 9.17) is 0 Å². The van der Waals surface area contributed by atoms with Gasteiger partial charge in [-0.3, -0.25) is 4.98 Å². The zero-order chi connectivity index (χ0) is 18.0. The molecule has 0 bridgehead atoms. The average Bonchev–Trinajstić information content (AvgIpc) is 2.63. The highest BCUT2D eigenvalue weighted by Gasteiger charge is 2.41. The van der Waals surface area contributed by atoms with Crippen molar-refractivity contribution < 1.29 is 4.39 Å². The van der Waals surface area contributed by atoms with Crippen molar-refractivity contribution in [3.05, 3.63) is 71.8 Å². The normalized spacial score (nSPS) is 15.3. The molecule has 5 heteroatoms. The van der Waals surface area contributed by atoms with Crippen LogP contribution in [0, 0.1) is 12.7 Å². The summed E-state index contributed by atoms with van der Waals surface area (Å²) in [5.41, 5.74) is 3.41. The molecule has 1 saturated carbocycles. The Hall–Kier alpha value is -2.82. The number of hydrogen-bond donors (Lipinski definition) is 1. The van der Waals surface area contributed by atoms with Gasteiger partial charge in [-0.15, -0.1) is 10.2 Å². The van der Waals surface area contributed by atoms with Crippen LogP contribution in [0.15, 0.2) is 54.7 Å². The molecule has 1 aliphatic carbocycles. The Labute approximate surface area is 152 Å². The number of anilines is 1. The molecule has 2 heterocycles. The standard InChI is InChI=1S/C21H21FN4/c1-15-6-2-3-7-16(15)18-9-10-19(26-25-18)24-14-21(11-5-12-21)20-17(22)8-4-13-23-20/h2-4,6-10,13H,5,11-12,14H2,1H3,(H,24,26). The second kappa shape index (κ2) is 6.83. The van der Waals surface area contributed by atoms with Gasteiger partial charge in [0.15, 0.2) is 0 Å². The Bertz CT molecular complexity index is 904. The maximum absolute atomic E-state index is 14.2. The molecule has 2 aromatic heterocycles. The molecule has 3 aromatic rings. The van der Waals surface area contributed by atoms with E-state index in [2.05, 4.69) is 33.5 Å². The fraction of sp³-hybridized carbons (Fsp3) is 0.286. The molecule has 0 spiro atoms. The number of nitrogens with zero attached hydrogens (tertiary/aromatic N) is 3. The summed E-state index contributed by atoms with van der Waals surface area (Å²) in [4.78, 5) is 4.30. The molecule has 132 valence electrons. The molecular formula is C21H21FN4. The van der Waals surface area contributed by atoms with Gasteiger partial charge in [0.25, 0.3) is 0 Å². The fourth-order valence-corrected chi connectivity index (χ4v) is 3.57. The van der Waals surface area contributed by atoms with E-state index in [-0.39, 0.29) is 11.2 Å². The highest BCUT2D eigenvalue weighted by Crippen LogP contribution is 2.43. The molecular weight excluding hydrogens is 327 g/mol. The second-order valence-electron chi connectivity index (χ2n) is 6.94. The predicted octanol–water partition coefficient (Wildman–Crippen LogP) is 4.52. The van der Waals surface area contributed by atoms with Crippen molar-refractivity contribution in [2.75, 3.05) is 11.9 Å². The minimum atomic E-state index is -0.248.